The topological polar surface area (TPSA) is 37.3 Å². The third-order valence-electron chi connectivity index (χ3n) is 2.93. The molecule has 1 rings (SSSR count). The van der Waals surface area contributed by atoms with Crippen LogP contribution >= 0.6 is 0 Å². The van der Waals surface area contributed by atoms with E-state index in [1.165, 1.54) is 0 Å². The Balaban J connectivity index is 2.60. The van der Waals surface area contributed by atoms with Crippen molar-refractivity contribution in [2.24, 2.45) is 0 Å². The van der Waals surface area contributed by atoms with Gasteiger partial charge in [-0.1, -0.05) is 50.5 Å². The SMILES string of the molecule is C=C([C@H](O)CCCCC)S(=O)c1ccc(C)cc1. The number of benzene rings is 1. The summed E-state index contributed by atoms with van der Waals surface area (Å²) in [4.78, 5) is 1.12. The van der Waals surface area contributed by atoms with Gasteiger partial charge >= 0.3 is 0 Å². The fourth-order valence-corrected chi connectivity index (χ4v) is 2.74. The van der Waals surface area contributed by atoms with E-state index in [4.69, 9.17) is 0 Å². The van der Waals surface area contributed by atoms with Gasteiger partial charge in [-0.15, -0.1) is 0 Å². The summed E-state index contributed by atoms with van der Waals surface area (Å²) in [6, 6.07) is 7.50. The van der Waals surface area contributed by atoms with Crippen molar-refractivity contribution in [3.8, 4) is 0 Å². The van der Waals surface area contributed by atoms with Gasteiger partial charge in [0, 0.05) is 9.80 Å². The van der Waals surface area contributed by atoms with Crippen LogP contribution in [0.5, 0.6) is 0 Å². The zero-order chi connectivity index (χ0) is 13.5. The Hall–Kier alpha value is -0.930. The summed E-state index contributed by atoms with van der Waals surface area (Å²) in [5.74, 6) is 0. The second kappa shape index (κ2) is 7.49. The lowest BCUT2D eigenvalue weighted by atomic mass is 10.1. The van der Waals surface area contributed by atoms with Crippen molar-refractivity contribution in [3.05, 3.63) is 41.3 Å². The summed E-state index contributed by atoms with van der Waals surface area (Å²) in [5, 5.41) is 9.94. The summed E-state index contributed by atoms with van der Waals surface area (Å²) in [7, 11) is -1.32. The van der Waals surface area contributed by atoms with Gasteiger partial charge in [-0.05, 0) is 25.5 Å². The second-order valence-electron chi connectivity index (χ2n) is 4.56. The van der Waals surface area contributed by atoms with Crippen molar-refractivity contribution in [1.29, 1.82) is 0 Å². The normalized spacial score (nSPS) is 14.2. The summed E-state index contributed by atoms with van der Waals surface area (Å²) in [5.41, 5.74) is 1.13. The molecule has 2 nitrogen and oxygen atoms in total. The number of aryl methyl sites for hydroxylation is 1. The lowest BCUT2D eigenvalue weighted by Crippen LogP contribution is -2.13. The summed E-state index contributed by atoms with van der Waals surface area (Å²) in [6.45, 7) is 7.89. The zero-order valence-corrected chi connectivity index (χ0v) is 12.0. The molecule has 1 aromatic rings. The van der Waals surface area contributed by atoms with Gasteiger partial charge in [-0.2, -0.15) is 0 Å². The predicted octanol–water partition coefficient (Wildman–Crippen LogP) is 3.56. The fraction of sp³-hybridized carbons (Fsp3) is 0.467. The highest BCUT2D eigenvalue weighted by Gasteiger charge is 2.16. The Morgan fingerprint density at radius 2 is 1.94 bits per heavy atom. The standard InChI is InChI=1S/C15H22O2S/c1-4-5-6-7-15(16)13(3)18(17)14-10-8-12(2)9-11-14/h8-11,15-16H,3-7H2,1-2H3/t15-,18?/m1/s1. The molecule has 1 aromatic carbocycles. The molecule has 0 amide bonds. The highest BCUT2D eigenvalue weighted by Crippen LogP contribution is 2.19. The van der Waals surface area contributed by atoms with E-state index in [2.05, 4.69) is 13.5 Å². The van der Waals surface area contributed by atoms with Crippen molar-refractivity contribution in [3.63, 3.8) is 0 Å². The van der Waals surface area contributed by atoms with E-state index in [9.17, 15) is 9.32 Å². The first kappa shape index (κ1) is 15.1. The Labute approximate surface area is 112 Å². The third-order valence-corrected chi connectivity index (χ3v) is 4.37. The van der Waals surface area contributed by atoms with Gasteiger partial charge in [0.15, 0.2) is 0 Å². The fourth-order valence-electron chi connectivity index (χ4n) is 1.69. The quantitative estimate of drug-likeness (QED) is 0.766. The van der Waals surface area contributed by atoms with E-state index in [1.807, 2.05) is 31.2 Å². The Morgan fingerprint density at radius 1 is 1.33 bits per heavy atom. The number of aliphatic hydroxyl groups is 1. The van der Waals surface area contributed by atoms with E-state index < -0.39 is 16.9 Å². The highest BCUT2D eigenvalue weighted by molar-refractivity contribution is 7.89. The predicted molar refractivity (Wildman–Crippen MR) is 76.9 cm³/mol. The maximum Gasteiger partial charge on any atom is 0.0871 e. The van der Waals surface area contributed by atoms with Crippen molar-refractivity contribution in [2.45, 2.75) is 50.5 Å². The molecule has 18 heavy (non-hydrogen) atoms. The maximum atomic E-state index is 12.2. The molecule has 0 saturated carbocycles. The van der Waals surface area contributed by atoms with Gasteiger partial charge in [0.2, 0.25) is 0 Å². The summed E-state index contributed by atoms with van der Waals surface area (Å²) in [6.07, 6.45) is 3.12. The number of unbranched alkanes of at least 4 members (excludes halogenated alkanes) is 2. The minimum absolute atomic E-state index is 0.412. The van der Waals surface area contributed by atoms with Crippen LogP contribution in [0.15, 0.2) is 40.6 Å². The molecule has 0 radical (unpaired) electrons. The van der Waals surface area contributed by atoms with Gasteiger partial charge in [0.25, 0.3) is 0 Å². The zero-order valence-electron chi connectivity index (χ0n) is 11.2. The first-order valence-corrected chi connectivity index (χ1v) is 7.56. The van der Waals surface area contributed by atoms with Crippen LogP contribution in [-0.4, -0.2) is 15.4 Å². The molecule has 0 fully saturated rings. The lowest BCUT2D eigenvalue weighted by Gasteiger charge is -2.13. The van der Waals surface area contributed by atoms with E-state index in [0.29, 0.717) is 16.2 Å². The molecule has 0 aliphatic heterocycles. The summed E-state index contributed by atoms with van der Waals surface area (Å²) < 4.78 is 12.2. The van der Waals surface area contributed by atoms with Gasteiger partial charge in [-0.25, -0.2) is 4.21 Å². The van der Waals surface area contributed by atoms with Crippen molar-refractivity contribution in [2.75, 3.05) is 0 Å². The molecule has 3 heteroatoms. The molecular weight excluding hydrogens is 244 g/mol. The van der Waals surface area contributed by atoms with Gasteiger partial charge in [-0.3, -0.25) is 0 Å². The largest absolute Gasteiger partial charge is 0.388 e. The molecule has 0 aromatic heterocycles. The molecule has 0 bridgehead atoms. The van der Waals surface area contributed by atoms with Crippen molar-refractivity contribution in [1.82, 2.24) is 0 Å². The molecule has 0 heterocycles. The maximum absolute atomic E-state index is 12.2. The highest BCUT2D eigenvalue weighted by atomic mass is 32.2. The van der Waals surface area contributed by atoms with Crippen LogP contribution in [0.2, 0.25) is 0 Å². The van der Waals surface area contributed by atoms with Crippen LogP contribution in [0.1, 0.15) is 38.2 Å². The van der Waals surface area contributed by atoms with Crippen molar-refractivity contribution < 1.29 is 9.32 Å². The second-order valence-corrected chi connectivity index (χ2v) is 6.09. The molecule has 0 aliphatic carbocycles. The molecule has 2 atom stereocenters. The number of rotatable bonds is 7. The van der Waals surface area contributed by atoms with Crippen LogP contribution in [0.3, 0.4) is 0 Å². The average Bonchev–Trinajstić information content (AvgIpc) is 2.38. The first-order valence-electron chi connectivity index (χ1n) is 6.41. The minimum Gasteiger partial charge on any atom is -0.388 e. The molecule has 0 saturated heterocycles. The van der Waals surface area contributed by atoms with Crippen LogP contribution in [0.25, 0.3) is 0 Å². The van der Waals surface area contributed by atoms with Crippen LogP contribution < -0.4 is 0 Å². The molecule has 100 valence electrons. The molecule has 1 unspecified atom stereocenters. The molecule has 0 aliphatic rings. The minimum atomic E-state index is -1.32. The number of hydrogen-bond acceptors (Lipinski definition) is 2. The first-order chi connectivity index (χ1) is 8.56. The van der Waals surface area contributed by atoms with E-state index in [1.54, 1.807) is 0 Å². The Morgan fingerprint density at radius 3 is 2.50 bits per heavy atom. The van der Waals surface area contributed by atoms with Gasteiger partial charge in [0.05, 0.1) is 16.9 Å². The average molecular weight is 266 g/mol. The number of hydrogen-bond donors (Lipinski definition) is 1. The third kappa shape index (κ3) is 4.39. The Kier molecular flexibility index (Phi) is 6.30. The number of aliphatic hydroxyl groups excluding tert-OH is 1. The molecule has 0 spiro atoms. The van der Waals surface area contributed by atoms with E-state index in [0.717, 1.165) is 24.8 Å². The molecule has 1 N–H and O–H groups in total. The summed E-state index contributed by atoms with van der Waals surface area (Å²) >= 11 is 0. The van der Waals surface area contributed by atoms with Gasteiger partial charge in [0.1, 0.15) is 0 Å². The van der Waals surface area contributed by atoms with Crippen LogP contribution in [-0.2, 0) is 10.8 Å². The van der Waals surface area contributed by atoms with Crippen LogP contribution in [0.4, 0.5) is 0 Å². The Bertz CT molecular complexity index is 409. The monoisotopic (exact) mass is 266 g/mol. The van der Waals surface area contributed by atoms with E-state index in [-0.39, 0.29) is 0 Å². The van der Waals surface area contributed by atoms with E-state index >= 15 is 0 Å². The van der Waals surface area contributed by atoms with Gasteiger partial charge < -0.3 is 5.11 Å². The lowest BCUT2D eigenvalue weighted by molar-refractivity contribution is 0.204. The van der Waals surface area contributed by atoms with Crippen LogP contribution in [0, 0.1) is 6.92 Å². The smallest absolute Gasteiger partial charge is 0.0871 e. The van der Waals surface area contributed by atoms with Crippen molar-refractivity contribution >= 4 is 10.8 Å². The molecular formula is C15H22O2S.